The van der Waals surface area contributed by atoms with Gasteiger partial charge in [-0.05, 0) is 68.8 Å². The Hall–Kier alpha value is -1.66. The van der Waals surface area contributed by atoms with Crippen LogP contribution in [0.5, 0.6) is 5.75 Å². The number of methoxy groups -OCH3 is 1. The molecule has 6 heteroatoms. The number of ether oxygens (including phenoxy) is 1. The zero-order valence-electron chi connectivity index (χ0n) is 17.8. The van der Waals surface area contributed by atoms with Crippen molar-refractivity contribution in [2.75, 3.05) is 46.4 Å². The first-order valence-electron chi connectivity index (χ1n) is 11.0. The molecule has 160 valence electrons. The number of piperidine rings is 2. The third-order valence-electron chi connectivity index (χ3n) is 7.28. The van der Waals surface area contributed by atoms with Gasteiger partial charge in [0, 0.05) is 51.3 Å². The maximum absolute atomic E-state index is 14.3. The molecule has 0 radical (unpaired) electrons. The van der Waals surface area contributed by atoms with Crippen LogP contribution in [0, 0.1) is 11.2 Å². The monoisotopic (exact) mass is 403 g/mol. The lowest BCUT2D eigenvalue weighted by Crippen LogP contribution is -2.48. The minimum Gasteiger partial charge on any atom is -0.497 e. The van der Waals surface area contributed by atoms with E-state index in [9.17, 15) is 9.18 Å². The van der Waals surface area contributed by atoms with E-state index in [0.29, 0.717) is 18.0 Å². The molecule has 0 aromatic heterocycles. The lowest BCUT2D eigenvalue weighted by Gasteiger charge is -2.42. The number of hydrogen-bond acceptors (Lipinski definition) is 4. The molecule has 4 rings (SSSR count). The third kappa shape index (κ3) is 4.58. The zero-order valence-corrected chi connectivity index (χ0v) is 17.8. The van der Waals surface area contributed by atoms with Gasteiger partial charge in [-0.25, -0.2) is 4.39 Å². The van der Waals surface area contributed by atoms with E-state index in [2.05, 4.69) is 9.80 Å². The van der Waals surface area contributed by atoms with Crippen molar-refractivity contribution in [2.45, 2.75) is 51.6 Å². The highest BCUT2D eigenvalue weighted by Crippen LogP contribution is 2.41. The smallest absolute Gasteiger partial charge is 0.219 e. The Balaban J connectivity index is 1.36. The summed E-state index contributed by atoms with van der Waals surface area (Å²) < 4.78 is 19.6. The van der Waals surface area contributed by atoms with E-state index in [4.69, 9.17) is 4.74 Å². The van der Waals surface area contributed by atoms with Crippen LogP contribution in [0.1, 0.15) is 44.6 Å². The molecular weight excluding hydrogens is 369 g/mol. The van der Waals surface area contributed by atoms with Crippen molar-refractivity contribution in [2.24, 2.45) is 5.41 Å². The second-order valence-electron chi connectivity index (χ2n) is 9.23. The molecule has 0 saturated carbocycles. The highest BCUT2D eigenvalue weighted by atomic mass is 19.1. The van der Waals surface area contributed by atoms with Gasteiger partial charge in [0.15, 0.2) is 0 Å². The molecule has 0 N–H and O–H groups in total. The number of amides is 1. The fraction of sp³-hybridized carbons (Fsp3) is 0.696. The molecule has 3 aliphatic rings. The maximum atomic E-state index is 14.3. The van der Waals surface area contributed by atoms with Crippen molar-refractivity contribution in [1.82, 2.24) is 14.7 Å². The number of rotatable bonds is 4. The SMILES string of the molecule is COc1ccc(F)c(CN2CCCC3(CCN(C4CCN(C(C)=O)CC4)C3)C2)c1. The number of nitrogens with zero attached hydrogens (tertiary/aromatic N) is 3. The Morgan fingerprint density at radius 1 is 1.17 bits per heavy atom. The molecule has 0 aliphatic carbocycles. The Labute approximate surface area is 173 Å². The standard InChI is InChI=1S/C23H34FN3O2/c1-18(28)26-11-6-20(7-12-26)27-13-9-23(17-27)8-3-10-25(16-23)15-19-14-21(29-2)4-5-22(19)24/h4-5,14,20H,3,6-13,15-17H2,1-2H3. The molecule has 1 spiro atoms. The number of hydrogen-bond donors (Lipinski definition) is 0. The summed E-state index contributed by atoms with van der Waals surface area (Å²) >= 11 is 0. The topological polar surface area (TPSA) is 36.0 Å². The first-order chi connectivity index (χ1) is 14.0. The van der Waals surface area contributed by atoms with E-state index in [0.717, 1.165) is 63.4 Å². The van der Waals surface area contributed by atoms with E-state index in [-0.39, 0.29) is 11.7 Å². The Morgan fingerprint density at radius 3 is 2.69 bits per heavy atom. The minimum absolute atomic E-state index is 0.143. The molecule has 1 atom stereocenters. The molecular formula is C23H34FN3O2. The van der Waals surface area contributed by atoms with Crippen LogP contribution in [0.4, 0.5) is 4.39 Å². The summed E-state index contributed by atoms with van der Waals surface area (Å²) in [4.78, 5) is 18.7. The largest absolute Gasteiger partial charge is 0.497 e. The number of carbonyl (C=O) groups is 1. The predicted molar refractivity (Wildman–Crippen MR) is 111 cm³/mol. The van der Waals surface area contributed by atoms with Crippen LogP contribution in [0.3, 0.4) is 0 Å². The van der Waals surface area contributed by atoms with Crippen molar-refractivity contribution in [3.63, 3.8) is 0 Å². The van der Waals surface area contributed by atoms with Gasteiger partial charge in [0.2, 0.25) is 5.91 Å². The van der Waals surface area contributed by atoms with E-state index in [1.165, 1.54) is 25.3 Å². The molecule has 5 nitrogen and oxygen atoms in total. The molecule has 1 aromatic rings. The zero-order chi connectivity index (χ0) is 20.4. The van der Waals surface area contributed by atoms with E-state index in [1.807, 2.05) is 11.0 Å². The molecule has 29 heavy (non-hydrogen) atoms. The molecule has 3 heterocycles. The van der Waals surface area contributed by atoms with E-state index in [1.54, 1.807) is 20.1 Å². The van der Waals surface area contributed by atoms with Crippen LogP contribution in [0.2, 0.25) is 0 Å². The molecule has 3 fully saturated rings. The van der Waals surface area contributed by atoms with Gasteiger partial charge in [-0.1, -0.05) is 0 Å². The van der Waals surface area contributed by atoms with Crippen molar-refractivity contribution in [3.8, 4) is 5.75 Å². The lowest BCUT2D eigenvalue weighted by molar-refractivity contribution is -0.130. The van der Waals surface area contributed by atoms with E-state index < -0.39 is 0 Å². The fourth-order valence-electron chi connectivity index (χ4n) is 5.65. The van der Waals surface area contributed by atoms with Crippen molar-refractivity contribution in [1.29, 1.82) is 0 Å². The molecule has 3 saturated heterocycles. The maximum Gasteiger partial charge on any atom is 0.219 e. The van der Waals surface area contributed by atoms with Crippen LogP contribution in [0.15, 0.2) is 18.2 Å². The summed E-state index contributed by atoms with van der Waals surface area (Å²) in [6.45, 7) is 8.51. The Morgan fingerprint density at radius 2 is 1.97 bits per heavy atom. The van der Waals surface area contributed by atoms with Gasteiger partial charge in [0.05, 0.1) is 7.11 Å². The summed E-state index contributed by atoms with van der Waals surface area (Å²) in [5, 5.41) is 0. The summed E-state index contributed by atoms with van der Waals surface area (Å²) in [5.41, 5.74) is 1.07. The van der Waals surface area contributed by atoms with Crippen molar-refractivity contribution < 1.29 is 13.9 Å². The molecule has 1 amide bonds. The summed E-state index contributed by atoms with van der Waals surface area (Å²) in [6, 6.07) is 5.64. The lowest BCUT2D eigenvalue weighted by atomic mass is 9.79. The predicted octanol–water partition coefficient (Wildman–Crippen LogP) is 3.13. The molecule has 0 bridgehead atoms. The van der Waals surface area contributed by atoms with Crippen LogP contribution in [0.25, 0.3) is 0 Å². The van der Waals surface area contributed by atoms with Gasteiger partial charge >= 0.3 is 0 Å². The first-order valence-corrected chi connectivity index (χ1v) is 11.0. The average Bonchev–Trinajstić information content (AvgIpc) is 3.13. The van der Waals surface area contributed by atoms with Crippen LogP contribution in [-0.4, -0.2) is 73.0 Å². The average molecular weight is 404 g/mol. The summed E-state index contributed by atoms with van der Waals surface area (Å²) in [6.07, 6.45) is 5.87. The van der Waals surface area contributed by atoms with Gasteiger partial charge < -0.3 is 9.64 Å². The van der Waals surface area contributed by atoms with Gasteiger partial charge in [-0.15, -0.1) is 0 Å². The third-order valence-corrected chi connectivity index (χ3v) is 7.28. The molecule has 3 aliphatic heterocycles. The van der Waals surface area contributed by atoms with Crippen molar-refractivity contribution in [3.05, 3.63) is 29.6 Å². The van der Waals surface area contributed by atoms with Crippen LogP contribution < -0.4 is 4.74 Å². The number of carbonyl (C=O) groups excluding carboxylic acids is 1. The summed E-state index contributed by atoms with van der Waals surface area (Å²) in [7, 11) is 1.63. The van der Waals surface area contributed by atoms with Gasteiger partial charge in [-0.2, -0.15) is 0 Å². The highest BCUT2D eigenvalue weighted by molar-refractivity contribution is 5.73. The normalized spacial score (nSPS) is 26.9. The second-order valence-corrected chi connectivity index (χ2v) is 9.23. The second kappa shape index (κ2) is 8.60. The van der Waals surface area contributed by atoms with Gasteiger partial charge in [0.25, 0.3) is 0 Å². The minimum atomic E-state index is -0.143. The quantitative estimate of drug-likeness (QED) is 0.774. The number of benzene rings is 1. The molecule has 1 aromatic carbocycles. The van der Waals surface area contributed by atoms with Crippen LogP contribution >= 0.6 is 0 Å². The van der Waals surface area contributed by atoms with Gasteiger partial charge in [0.1, 0.15) is 11.6 Å². The molecule has 1 unspecified atom stereocenters. The summed E-state index contributed by atoms with van der Waals surface area (Å²) in [5.74, 6) is 0.779. The van der Waals surface area contributed by atoms with Crippen molar-refractivity contribution >= 4 is 5.91 Å². The Bertz CT molecular complexity index is 735. The highest BCUT2D eigenvalue weighted by Gasteiger charge is 2.43. The first kappa shape index (κ1) is 20.6. The fourth-order valence-corrected chi connectivity index (χ4v) is 5.65. The number of likely N-dealkylation sites (tertiary alicyclic amines) is 3. The number of halogens is 1. The van der Waals surface area contributed by atoms with E-state index >= 15 is 0 Å². The van der Waals surface area contributed by atoms with Gasteiger partial charge in [-0.3, -0.25) is 14.6 Å². The Kier molecular flexibility index (Phi) is 6.11. The van der Waals surface area contributed by atoms with Crippen LogP contribution in [-0.2, 0) is 11.3 Å².